The molecule has 0 aromatic heterocycles. The lowest BCUT2D eigenvalue weighted by molar-refractivity contribution is 0.595. The van der Waals surface area contributed by atoms with Crippen molar-refractivity contribution in [1.29, 1.82) is 0 Å². The molecular formula is C15H18S. The second-order valence-corrected chi connectivity index (χ2v) is 5.31. The van der Waals surface area contributed by atoms with Gasteiger partial charge in [0.1, 0.15) is 0 Å². The summed E-state index contributed by atoms with van der Waals surface area (Å²) in [5.41, 5.74) is 1.26. The Morgan fingerprint density at radius 3 is 2.75 bits per heavy atom. The monoisotopic (exact) mass is 230 g/mol. The van der Waals surface area contributed by atoms with Crippen molar-refractivity contribution >= 4 is 18.7 Å². The Bertz CT molecular complexity index is 378. The first-order valence-corrected chi connectivity index (χ1v) is 6.35. The second kappa shape index (κ2) is 5.40. The van der Waals surface area contributed by atoms with Crippen LogP contribution in [-0.2, 0) is 0 Å². The molecule has 1 aromatic rings. The molecule has 0 N–H and O–H groups in total. The lowest BCUT2D eigenvalue weighted by Gasteiger charge is -2.26. The summed E-state index contributed by atoms with van der Waals surface area (Å²) in [5.74, 6) is 0. The number of allylic oxidation sites excluding steroid dienone is 2. The third kappa shape index (κ3) is 3.28. The van der Waals surface area contributed by atoms with Gasteiger partial charge in [-0.15, -0.1) is 0 Å². The van der Waals surface area contributed by atoms with E-state index in [1.165, 1.54) is 24.8 Å². The molecule has 0 aliphatic heterocycles. The first-order chi connectivity index (χ1) is 7.79. The summed E-state index contributed by atoms with van der Waals surface area (Å²) < 4.78 is 0.0868. The first kappa shape index (κ1) is 11.5. The molecule has 16 heavy (non-hydrogen) atoms. The Kier molecular flexibility index (Phi) is 3.89. The van der Waals surface area contributed by atoms with Gasteiger partial charge in [-0.2, -0.15) is 12.6 Å². The molecule has 1 aliphatic carbocycles. The number of rotatable bonds is 3. The molecule has 0 heterocycles. The van der Waals surface area contributed by atoms with Crippen molar-refractivity contribution in [3.8, 4) is 0 Å². The van der Waals surface area contributed by atoms with Gasteiger partial charge in [-0.3, -0.25) is 0 Å². The number of hydrogen-bond donors (Lipinski definition) is 1. The quantitative estimate of drug-likeness (QED) is 0.573. The van der Waals surface area contributed by atoms with E-state index in [1.54, 1.807) is 0 Å². The minimum Gasteiger partial charge on any atom is -0.168 e. The Labute approximate surface area is 103 Å². The number of hydrogen-bond acceptors (Lipinski definition) is 1. The Hall–Kier alpha value is -0.950. The normalized spacial score (nSPS) is 25.1. The maximum absolute atomic E-state index is 4.76. The van der Waals surface area contributed by atoms with E-state index in [-0.39, 0.29) is 4.75 Å². The number of benzene rings is 1. The van der Waals surface area contributed by atoms with Gasteiger partial charge in [-0.1, -0.05) is 54.6 Å². The standard InChI is InChI=1S/C15H18S/c16-15(11-5-2-6-12-15)13-7-10-14-8-3-1-4-9-14/h1,3-5,7-11,16H,2,6,12-13H2/b10-7+/t15-/m1/s1. The Balaban J connectivity index is 1.94. The molecule has 0 nitrogen and oxygen atoms in total. The fraction of sp³-hybridized carbons (Fsp3) is 0.333. The lowest BCUT2D eigenvalue weighted by Crippen LogP contribution is -2.19. The van der Waals surface area contributed by atoms with Crippen LogP contribution in [0.5, 0.6) is 0 Å². The van der Waals surface area contributed by atoms with Crippen LogP contribution in [0.15, 0.2) is 48.6 Å². The molecule has 0 saturated carbocycles. The van der Waals surface area contributed by atoms with Crippen molar-refractivity contribution in [1.82, 2.24) is 0 Å². The summed E-state index contributed by atoms with van der Waals surface area (Å²) in [5, 5.41) is 0. The van der Waals surface area contributed by atoms with Gasteiger partial charge in [0.05, 0.1) is 0 Å². The molecule has 0 radical (unpaired) electrons. The molecule has 0 spiro atoms. The van der Waals surface area contributed by atoms with Crippen LogP contribution in [0.4, 0.5) is 0 Å². The van der Waals surface area contributed by atoms with E-state index in [2.05, 4.69) is 48.6 Å². The van der Waals surface area contributed by atoms with E-state index in [9.17, 15) is 0 Å². The maximum atomic E-state index is 4.76. The minimum atomic E-state index is 0.0868. The summed E-state index contributed by atoms with van der Waals surface area (Å²) in [6, 6.07) is 10.4. The molecule has 0 amide bonds. The van der Waals surface area contributed by atoms with Crippen molar-refractivity contribution in [2.75, 3.05) is 0 Å². The Morgan fingerprint density at radius 1 is 1.25 bits per heavy atom. The van der Waals surface area contributed by atoms with Gasteiger partial charge >= 0.3 is 0 Å². The van der Waals surface area contributed by atoms with E-state index >= 15 is 0 Å². The van der Waals surface area contributed by atoms with Gasteiger partial charge in [0.15, 0.2) is 0 Å². The zero-order chi connectivity index (χ0) is 11.3. The third-order valence-electron chi connectivity index (χ3n) is 2.99. The zero-order valence-corrected chi connectivity index (χ0v) is 10.4. The van der Waals surface area contributed by atoms with Crippen LogP contribution in [0.3, 0.4) is 0 Å². The Morgan fingerprint density at radius 2 is 2.06 bits per heavy atom. The molecule has 0 unspecified atom stereocenters. The van der Waals surface area contributed by atoms with Crippen molar-refractivity contribution in [2.45, 2.75) is 30.4 Å². The van der Waals surface area contributed by atoms with E-state index in [4.69, 9.17) is 12.6 Å². The van der Waals surface area contributed by atoms with Gasteiger partial charge in [0.25, 0.3) is 0 Å². The van der Waals surface area contributed by atoms with Crippen LogP contribution in [0, 0.1) is 0 Å². The molecule has 1 heteroatoms. The van der Waals surface area contributed by atoms with Crippen LogP contribution in [0.1, 0.15) is 31.2 Å². The summed E-state index contributed by atoms with van der Waals surface area (Å²) in [6.45, 7) is 0. The van der Waals surface area contributed by atoms with E-state index in [0.717, 1.165) is 6.42 Å². The van der Waals surface area contributed by atoms with Gasteiger partial charge in [0.2, 0.25) is 0 Å². The molecule has 0 bridgehead atoms. The molecule has 1 atom stereocenters. The topological polar surface area (TPSA) is 0 Å². The van der Waals surface area contributed by atoms with Crippen molar-refractivity contribution in [3.05, 3.63) is 54.1 Å². The summed E-state index contributed by atoms with van der Waals surface area (Å²) in [6.07, 6.45) is 13.6. The largest absolute Gasteiger partial charge is 0.168 e. The lowest BCUT2D eigenvalue weighted by atomic mass is 9.91. The molecular weight excluding hydrogens is 212 g/mol. The minimum absolute atomic E-state index is 0.0868. The molecule has 0 saturated heterocycles. The average Bonchev–Trinajstić information content (AvgIpc) is 2.31. The molecule has 1 aliphatic rings. The summed E-state index contributed by atoms with van der Waals surface area (Å²) in [7, 11) is 0. The molecule has 1 aromatic carbocycles. The van der Waals surface area contributed by atoms with Crippen LogP contribution in [0.25, 0.3) is 6.08 Å². The molecule has 84 valence electrons. The maximum Gasteiger partial charge on any atom is 0.0343 e. The van der Waals surface area contributed by atoms with Crippen LogP contribution < -0.4 is 0 Å². The second-order valence-electron chi connectivity index (χ2n) is 4.42. The highest BCUT2D eigenvalue weighted by atomic mass is 32.1. The van der Waals surface area contributed by atoms with Crippen LogP contribution >= 0.6 is 12.6 Å². The van der Waals surface area contributed by atoms with E-state index in [1.807, 2.05) is 6.07 Å². The van der Waals surface area contributed by atoms with E-state index < -0.39 is 0 Å². The SMILES string of the molecule is S[C@]1(C/C=C/c2ccccc2)C=CCCC1. The van der Waals surface area contributed by atoms with Crippen molar-refractivity contribution < 1.29 is 0 Å². The van der Waals surface area contributed by atoms with Gasteiger partial charge < -0.3 is 0 Å². The van der Waals surface area contributed by atoms with Crippen LogP contribution in [-0.4, -0.2) is 4.75 Å². The van der Waals surface area contributed by atoms with Crippen molar-refractivity contribution in [3.63, 3.8) is 0 Å². The highest BCUT2D eigenvalue weighted by Crippen LogP contribution is 2.32. The highest BCUT2D eigenvalue weighted by molar-refractivity contribution is 7.82. The summed E-state index contributed by atoms with van der Waals surface area (Å²) in [4.78, 5) is 0. The van der Waals surface area contributed by atoms with Crippen molar-refractivity contribution in [2.24, 2.45) is 0 Å². The fourth-order valence-electron chi connectivity index (χ4n) is 2.05. The number of thiol groups is 1. The zero-order valence-electron chi connectivity index (χ0n) is 9.47. The van der Waals surface area contributed by atoms with Gasteiger partial charge in [-0.25, -0.2) is 0 Å². The third-order valence-corrected chi connectivity index (χ3v) is 3.55. The predicted molar refractivity (Wildman–Crippen MR) is 74.8 cm³/mol. The fourth-order valence-corrected chi connectivity index (χ4v) is 2.41. The van der Waals surface area contributed by atoms with Crippen LogP contribution in [0.2, 0.25) is 0 Å². The smallest absolute Gasteiger partial charge is 0.0343 e. The van der Waals surface area contributed by atoms with Gasteiger partial charge in [0, 0.05) is 4.75 Å². The first-order valence-electron chi connectivity index (χ1n) is 5.90. The van der Waals surface area contributed by atoms with Gasteiger partial charge in [-0.05, 0) is 31.2 Å². The average molecular weight is 230 g/mol. The van der Waals surface area contributed by atoms with E-state index in [0.29, 0.717) is 0 Å². The highest BCUT2D eigenvalue weighted by Gasteiger charge is 2.21. The molecule has 0 fully saturated rings. The predicted octanol–water partition coefficient (Wildman–Crippen LogP) is 4.50. The molecule has 2 rings (SSSR count). The summed E-state index contributed by atoms with van der Waals surface area (Å²) >= 11 is 4.76.